The first-order chi connectivity index (χ1) is 11.7. The molecule has 0 aliphatic carbocycles. The van der Waals surface area contributed by atoms with Crippen molar-refractivity contribution in [2.75, 3.05) is 20.2 Å². The van der Waals surface area contributed by atoms with Gasteiger partial charge < -0.3 is 19.5 Å². The Bertz CT molecular complexity index is 706. The van der Waals surface area contributed by atoms with E-state index in [1.807, 2.05) is 35.2 Å². The molecule has 7 heteroatoms. The van der Waals surface area contributed by atoms with Crippen molar-refractivity contribution in [1.82, 2.24) is 15.4 Å². The molecule has 2 aromatic rings. The summed E-state index contributed by atoms with van der Waals surface area (Å²) in [6, 6.07) is 10.7. The summed E-state index contributed by atoms with van der Waals surface area (Å²) in [6.45, 7) is 1.22. The molecule has 2 amide bonds. The Labute approximate surface area is 139 Å². The van der Waals surface area contributed by atoms with Crippen LogP contribution in [0.15, 0.2) is 40.9 Å². The van der Waals surface area contributed by atoms with Gasteiger partial charge in [-0.25, -0.2) is 0 Å². The van der Waals surface area contributed by atoms with Crippen molar-refractivity contribution in [1.29, 1.82) is 0 Å². The molecule has 2 heterocycles. The normalized spacial score (nSPS) is 15.1. The SMILES string of the molecule is COc1cc(C(=O)NC2CCN(C(=O)c3ccccc3)CC2)on1. The van der Waals surface area contributed by atoms with Gasteiger partial charge in [0.15, 0.2) is 0 Å². The van der Waals surface area contributed by atoms with Gasteiger partial charge in [-0.05, 0) is 30.1 Å². The molecular formula is C17H19N3O4. The fourth-order valence-corrected chi connectivity index (χ4v) is 2.71. The second-order valence-electron chi connectivity index (χ2n) is 5.64. The Morgan fingerprint density at radius 2 is 1.96 bits per heavy atom. The van der Waals surface area contributed by atoms with Gasteiger partial charge in [0.1, 0.15) is 0 Å². The molecule has 1 aromatic carbocycles. The van der Waals surface area contributed by atoms with Crippen LogP contribution in [0.3, 0.4) is 0 Å². The highest BCUT2D eigenvalue weighted by atomic mass is 16.5. The fourth-order valence-electron chi connectivity index (χ4n) is 2.71. The molecule has 3 rings (SSSR count). The number of hydrogen-bond acceptors (Lipinski definition) is 5. The minimum absolute atomic E-state index is 0.00779. The Hall–Kier alpha value is -2.83. The first-order valence-electron chi connectivity index (χ1n) is 7.83. The second-order valence-corrected chi connectivity index (χ2v) is 5.64. The quantitative estimate of drug-likeness (QED) is 0.923. The van der Waals surface area contributed by atoms with Crippen molar-refractivity contribution < 1.29 is 18.8 Å². The number of methoxy groups -OCH3 is 1. The molecule has 1 saturated heterocycles. The summed E-state index contributed by atoms with van der Waals surface area (Å²) in [5.74, 6) is 0.0945. The molecule has 126 valence electrons. The van der Waals surface area contributed by atoms with Gasteiger partial charge in [-0.1, -0.05) is 18.2 Å². The van der Waals surface area contributed by atoms with Crippen molar-refractivity contribution in [2.45, 2.75) is 18.9 Å². The molecule has 0 saturated carbocycles. The van der Waals surface area contributed by atoms with Crippen LogP contribution < -0.4 is 10.1 Å². The Kier molecular flexibility index (Phi) is 4.79. The Balaban J connectivity index is 1.52. The average molecular weight is 329 g/mol. The number of hydrogen-bond donors (Lipinski definition) is 1. The molecule has 1 aliphatic heterocycles. The number of nitrogens with zero attached hydrogens (tertiary/aromatic N) is 2. The van der Waals surface area contributed by atoms with Crippen LogP contribution in [0.4, 0.5) is 0 Å². The topological polar surface area (TPSA) is 84.7 Å². The maximum Gasteiger partial charge on any atom is 0.290 e. The van der Waals surface area contributed by atoms with Crippen LogP contribution in [0.5, 0.6) is 5.88 Å². The number of ether oxygens (including phenoxy) is 1. The van der Waals surface area contributed by atoms with Crippen LogP contribution in [0.2, 0.25) is 0 Å². The van der Waals surface area contributed by atoms with E-state index in [-0.39, 0.29) is 29.5 Å². The van der Waals surface area contributed by atoms with Gasteiger partial charge in [0.05, 0.1) is 13.2 Å². The Morgan fingerprint density at radius 3 is 2.58 bits per heavy atom. The van der Waals surface area contributed by atoms with Crippen LogP contribution in [-0.2, 0) is 0 Å². The highest BCUT2D eigenvalue weighted by Crippen LogP contribution is 2.16. The van der Waals surface area contributed by atoms with E-state index in [0.29, 0.717) is 31.5 Å². The molecule has 0 spiro atoms. The molecular weight excluding hydrogens is 310 g/mol. The van der Waals surface area contributed by atoms with E-state index in [4.69, 9.17) is 9.26 Å². The Morgan fingerprint density at radius 1 is 1.25 bits per heavy atom. The van der Waals surface area contributed by atoms with Crippen molar-refractivity contribution >= 4 is 11.8 Å². The summed E-state index contributed by atoms with van der Waals surface area (Å²) in [5.41, 5.74) is 0.689. The number of nitrogens with one attached hydrogen (secondary N) is 1. The number of piperidine rings is 1. The summed E-state index contributed by atoms with van der Waals surface area (Å²) in [4.78, 5) is 26.3. The molecule has 0 atom stereocenters. The van der Waals surface area contributed by atoms with E-state index in [1.165, 1.54) is 13.2 Å². The number of carbonyl (C=O) groups is 2. The number of likely N-dealkylation sites (tertiary alicyclic amines) is 1. The smallest absolute Gasteiger partial charge is 0.290 e. The zero-order valence-corrected chi connectivity index (χ0v) is 13.4. The number of amides is 2. The van der Waals surface area contributed by atoms with E-state index < -0.39 is 0 Å². The van der Waals surface area contributed by atoms with Gasteiger partial charge in [-0.2, -0.15) is 0 Å². The number of carbonyl (C=O) groups excluding carboxylic acids is 2. The summed E-state index contributed by atoms with van der Waals surface area (Å²) < 4.78 is 9.81. The maximum absolute atomic E-state index is 12.4. The summed E-state index contributed by atoms with van der Waals surface area (Å²) in [5, 5.41) is 6.51. The van der Waals surface area contributed by atoms with Crippen LogP contribution in [0.1, 0.15) is 33.8 Å². The second kappa shape index (κ2) is 7.16. The number of aromatic nitrogens is 1. The van der Waals surface area contributed by atoms with Crippen molar-refractivity contribution in [3.8, 4) is 5.88 Å². The molecule has 1 aliphatic rings. The first kappa shape index (κ1) is 16.0. The van der Waals surface area contributed by atoms with Crippen molar-refractivity contribution in [3.63, 3.8) is 0 Å². The van der Waals surface area contributed by atoms with Crippen molar-refractivity contribution in [3.05, 3.63) is 47.7 Å². The van der Waals surface area contributed by atoms with Crippen molar-refractivity contribution in [2.24, 2.45) is 0 Å². The third-order valence-corrected chi connectivity index (χ3v) is 4.06. The number of benzene rings is 1. The largest absolute Gasteiger partial charge is 0.479 e. The molecule has 24 heavy (non-hydrogen) atoms. The fraction of sp³-hybridized carbons (Fsp3) is 0.353. The zero-order valence-electron chi connectivity index (χ0n) is 13.4. The van der Waals surface area contributed by atoms with Gasteiger partial charge in [-0.3, -0.25) is 9.59 Å². The summed E-state index contributed by atoms with van der Waals surface area (Å²) in [6.07, 6.45) is 1.41. The zero-order chi connectivity index (χ0) is 16.9. The molecule has 7 nitrogen and oxygen atoms in total. The lowest BCUT2D eigenvalue weighted by atomic mass is 10.0. The van der Waals surface area contributed by atoms with Crippen LogP contribution >= 0.6 is 0 Å². The molecule has 0 unspecified atom stereocenters. The molecule has 1 aromatic heterocycles. The van der Waals surface area contributed by atoms with Crippen LogP contribution in [0.25, 0.3) is 0 Å². The van der Waals surface area contributed by atoms with Gasteiger partial charge in [0, 0.05) is 24.7 Å². The third-order valence-electron chi connectivity index (χ3n) is 4.06. The maximum atomic E-state index is 12.4. The highest BCUT2D eigenvalue weighted by Gasteiger charge is 2.25. The predicted molar refractivity (Wildman–Crippen MR) is 85.9 cm³/mol. The molecule has 0 bridgehead atoms. The predicted octanol–water partition coefficient (Wildman–Crippen LogP) is 1.72. The van der Waals surface area contributed by atoms with Gasteiger partial charge >= 0.3 is 0 Å². The van der Waals surface area contributed by atoms with Crippen LogP contribution in [-0.4, -0.2) is 48.1 Å². The van der Waals surface area contributed by atoms with E-state index in [2.05, 4.69) is 10.5 Å². The third kappa shape index (κ3) is 3.56. The van der Waals surface area contributed by atoms with Gasteiger partial charge in [0.25, 0.3) is 17.7 Å². The average Bonchev–Trinajstić information content (AvgIpc) is 3.12. The summed E-state index contributed by atoms with van der Waals surface area (Å²) >= 11 is 0. The lowest BCUT2D eigenvalue weighted by Crippen LogP contribution is -2.46. The van der Waals surface area contributed by atoms with E-state index in [9.17, 15) is 9.59 Å². The monoisotopic (exact) mass is 329 g/mol. The molecule has 1 N–H and O–H groups in total. The number of rotatable bonds is 4. The van der Waals surface area contributed by atoms with Gasteiger partial charge in [-0.15, -0.1) is 0 Å². The first-order valence-corrected chi connectivity index (χ1v) is 7.83. The standard InChI is InChI=1S/C17H19N3O4/c1-23-15-11-14(24-19-15)16(21)18-13-7-9-20(10-8-13)17(22)12-5-3-2-4-6-12/h2-6,11,13H,7-10H2,1H3,(H,18,21). The minimum atomic E-state index is -0.321. The highest BCUT2D eigenvalue weighted by molar-refractivity contribution is 5.94. The molecule has 1 fully saturated rings. The van der Waals surface area contributed by atoms with Gasteiger partial charge in [0.2, 0.25) is 5.76 Å². The lowest BCUT2D eigenvalue weighted by Gasteiger charge is -2.32. The molecule has 0 radical (unpaired) electrons. The van der Waals surface area contributed by atoms with E-state index in [0.717, 1.165) is 0 Å². The van der Waals surface area contributed by atoms with E-state index >= 15 is 0 Å². The minimum Gasteiger partial charge on any atom is -0.479 e. The van der Waals surface area contributed by atoms with Crippen LogP contribution in [0, 0.1) is 0 Å². The lowest BCUT2D eigenvalue weighted by molar-refractivity contribution is 0.0695. The van der Waals surface area contributed by atoms with E-state index in [1.54, 1.807) is 0 Å². The summed E-state index contributed by atoms with van der Waals surface area (Å²) in [7, 11) is 1.46.